The topological polar surface area (TPSA) is 76.3 Å². The second kappa shape index (κ2) is 8.41. The number of nitrogens with zero attached hydrogens (tertiary/aromatic N) is 3. The minimum atomic E-state index is -0.354. The predicted octanol–water partition coefficient (Wildman–Crippen LogP) is 1.24. The van der Waals surface area contributed by atoms with E-state index in [4.69, 9.17) is 0 Å². The lowest BCUT2D eigenvalue weighted by molar-refractivity contribution is -0.125. The maximum atomic E-state index is 13.0. The van der Waals surface area contributed by atoms with Gasteiger partial charge < -0.3 is 10.2 Å². The third kappa shape index (κ3) is 4.16. The molecule has 1 aromatic carbocycles. The number of aromatic nitrogens is 2. The number of carbonyl (C=O) groups excluding carboxylic acids is 1. The summed E-state index contributed by atoms with van der Waals surface area (Å²) in [6.07, 6.45) is 1.54. The Morgan fingerprint density at radius 1 is 1.25 bits per heavy atom. The van der Waals surface area contributed by atoms with Crippen molar-refractivity contribution in [2.45, 2.75) is 32.9 Å². The molecule has 1 N–H and O–H groups in total. The second-order valence-electron chi connectivity index (χ2n) is 7.06. The molecule has 3 rings (SSSR count). The maximum absolute atomic E-state index is 13.0. The molecule has 8 heteroatoms. The van der Waals surface area contributed by atoms with Crippen LogP contribution in [0.4, 0.5) is 10.2 Å². The molecule has 1 saturated heterocycles. The third-order valence-electron chi connectivity index (χ3n) is 5.19. The first-order valence-corrected chi connectivity index (χ1v) is 9.48. The van der Waals surface area contributed by atoms with E-state index in [0.717, 1.165) is 23.0 Å². The molecule has 0 radical (unpaired) electrons. The number of amides is 1. The van der Waals surface area contributed by atoms with Crippen molar-refractivity contribution in [3.63, 3.8) is 0 Å². The average molecular weight is 388 g/mol. The van der Waals surface area contributed by atoms with Gasteiger partial charge in [0, 0.05) is 39.3 Å². The summed E-state index contributed by atoms with van der Waals surface area (Å²) in [5.41, 5.74) is 0.120. The molecule has 1 aliphatic heterocycles. The zero-order chi connectivity index (χ0) is 20.3. The van der Waals surface area contributed by atoms with Crippen LogP contribution in [0.2, 0.25) is 0 Å². The number of piperidine rings is 1. The molecule has 28 heavy (non-hydrogen) atoms. The van der Waals surface area contributed by atoms with Crippen molar-refractivity contribution in [1.29, 1.82) is 0 Å². The molecule has 150 valence electrons. The maximum Gasteiger partial charge on any atom is 0.332 e. The van der Waals surface area contributed by atoms with E-state index in [1.54, 1.807) is 16.7 Å². The molecular weight excluding hydrogens is 363 g/mol. The van der Waals surface area contributed by atoms with Crippen LogP contribution in [-0.2, 0) is 24.9 Å². The average Bonchev–Trinajstić information content (AvgIpc) is 2.71. The number of halogens is 1. The highest BCUT2D eigenvalue weighted by Crippen LogP contribution is 2.22. The summed E-state index contributed by atoms with van der Waals surface area (Å²) in [6, 6.07) is 7.47. The molecule has 0 bridgehead atoms. The van der Waals surface area contributed by atoms with Gasteiger partial charge in [0.25, 0.3) is 5.56 Å². The molecule has 1 atom stereocenters. The molecule has 0 aliphatic carbocycles. The van der Waals surface area contributed by atoms with Crippen molar-refractivity contribution in [2.75, 3.05) is 18.0 Å². The number of benzene rings is 1. The Bertz CT molecular complexity index is 965. The van der Waals surface area contributed by atoms with Crippen LogP contribution >= 0.6 is 0 Å². The molecule has 0 saturated carbocycles. The zero-order valence-corrected chi connectivity index (χ0v) is 16.2. The van der Waals surface area contributed by atoms with Gasteiger partial charge in [0.1, 0.15) is 11.6 Å². The minimum Gasteiger partial charge on any atom is -0.357 e. The molecule has 1 aliphatic rings. The van der Waals surface area contributed by atoms with Gasteiger partial charge in [-0.15, -0.1) is 0 Å². The van der Waals surface area contributed by atoms with Crippen LogP contribution in [0.3, 0.4) is 0 Å². The normalized spacial score (nSPS) is 16.8. The van der Waals surface area contributed by atoms with Gasteiger partial charge in [0.15, 0.2) is 0 Å². The molecular formula is C20H25FN4O3. The summed E-state index contributed by atoms with van der Waals surface area (Å²) in [5.74, 6) is -0.0671. The van der Waals surface area contributed by atoms with Crippen molar-refractivity contribution in [2.24, 2.45) is 13.0 Å². The van der Waals surface area contributed by atoms with Crippen LogP contribution in [0.1, 0.15) is 25.3 Å². The second-order valence-corrected chi connectivity index (χ2v) is 7.06. The first kappa shape index (κ1) is 19.9. The first-order valence-electron chi connectivity index (χ1n) is 9.48. The largest absolute Gasteiger partial charge is 0.357 e. The molecule has 1 amide bonds. The Labute approximate surface area is 162 Å². The van der Waals surface area contributed by atoms with Crippen molar-refractivity contribution >= 4 is 11.7 Å². The highest BCUT2D eigenvalue weighted by molar-refractivity contribution is 5.79. The summed E-state index contributed by atoms with van der Waals surface area (Å²) in [4.78, 5) is 39.0. The van der Waals surface area contributed by atoms with Crippen molar-refractivity contribution in [3.8, 4) is 0 Å². The van der Waals surface area contributed by atoms with E-state index in [1.807, 2.05) is 11.8 Å². The number of hydrogen-bond donors (Lipinski definition) is 1. The number of rotatable bonds is 5. The van der Waals surface area contributed by atoms with E-state index >= 15 is 0 Å². The van der Waals surface area contributed by atoms with Gasteiger partial charge in [0.05, 0.1) is 5.92 Å². The van der Waals surface area contributed by atoms with Crippen LogP contribution in [0.5, 0.6) is 0 Å². The fourth-order valence-electron chi connectivity index (χ4n) is 3.55. The molecule has 2 heterocycles. The summed E-state index contributed by atoms with van der Waals surface area (Å²) in [7, 11) is 1.46. The van der Waals surface area contributed by atoms with Gasteiger partial charge in [-0.2, -0.15) is 0 Å². The van der Waals surface area contributed by atoms with Crippen LogP contribution in [0.15, 0.2) is 39.9 Å². The smallest absolute Gasteiger partial charge is 0.332 e. The van der Waals surface area contributed by atoms with E-state index in [0.29, 0.717) is 32.0 Å². The fraction of sp³-hybridized carbons (Fsp3) is 0.450. The standard InChI is InChI=1S/C20H25FN4O3/c1-3-25-17(11-18(26)23(2)20(25)28)24-10-4-5-15(13-24)19(27)22-12-14-6-8-16(21)9-7-14/h6-9,11,15H,3-5,10,12-13H2,1-2H3,(H,22,27). The number of carbonyl (C=O) groups is 1. The summed E-state index contributed by atoms with van der Waals surface area (Å²) < 4.78 is 15.6. The van der Waals surface area contributed by atoms with Crippen molar-refractivity contribution in [1.82, 2.24) is 14.5 Å². The summed E-state index contributed by atoms with van der Waals surface area (Å²) in [6.45, 7) is 3.77. The Kier molecular flexibility index (Phi) is 5.96. The van der Waals surface area contributed by atoms with Crippen LogP contribution in [0.25, 0.3) is 0 Å². The highest BCUT2D eigenvalue weighted by Gasteiger charge is 2.27. The monoisotopic (exact) mass is 388 g/mol. The Morgan fingerprint density at radius 2 is 1.96 bits per heavy atom. The van der Waals surface area contributed by atoms with Gasteiger partial charge in [-0.05, 0) is 37.5 Å². The van der Waals surface area contributed by atoms with Gasteiger partial charge in [-0.1, -0.05) is 12.1 Å². The van der Waals surface area contributed by atoms with Gasteiger partial charge >= 0.3 is 5.69 Å². The lowest BCUT2D eigenvalue weighted by atomic mass is 9.97. The SMILES string of the molecule is CCn1c(N2CCCC(C(=O)NCc3ccc(F)cc3)C2)cc(=O)n(C)c1=O. The van der Waals surface area contributed by atoms with Crippen LogP contribution in [-0.4, -0.2) is 28.1 Å². The Hall–Kier alpha value is -2.90. The molecule has 2 aromatic rings. The number of nitrogens with one attached hydrogen (secondary N) is 1. The Balaban J connectivity index is 1.72. The predicted molar refractivity (Wildman–Crippen MR) is 105 cm³/mol. The molecule has 1 fully saturated rings. The van der Waals surface area contributed by atoms with Crippen LogP contribution in [0, 0.1) is 11.7 Å². The summed E-state index contributed by atoms with van der Waals surface area (Å²) in [5, 5.41) is 2.90. The van der Waals surface area contributed by atoms with E-state index in [1.165, 1.54) is 25.2 Å². The number of anilines is 1. The Morgan fingerprint density at radius 3 is 2.64 bits per heavy atom. The first-order chi connectivity index (χ1) is 13.4. The van der Waals surface area contributed by atoms with Gasteiger partial charge in [0.2, 0.25) is 5.91 Å². The van der Waals surface area contributed by atoms with E-state index < -0.39 is 0 Å². The third-order valence-corrected chi connectivity index (χ3v) is 5.19. The molecule has 0 spiro atoms. The van der Waals surface area contributed by atoms with E-state index in [9.17, 15) is 18.8 Å². The molecule has 1 unspecified atom stereocenters. The van der Waals surface area contributed by atoms with Gasteiger partial charge in [-0.3, -0.25) is 18.7 Å². The van der Waals surface area contributed by atoms with Crippen molar-refractivity contribution in [3.05, 3.63) is 62.6 Å². The zero-order valence-electron chi connectivity index (χ0n) is 16.2. The highest BCUT2D eigenvalue weighted by atomic mass is 19.1. The fourth-order valence-corrected chi connectivity index (χ4v) is 3.55. The lowest BCUT2D eigenvalue weighted by Crippen LogP contribution is -2.47. The van der Waals surface area contributed by atoms with Gasteiger partial charge in [-0.25, -0.2) is 9.18 Å². The van der Waals surface area contributed by atoms with Crippen molar-refractivity contribution < 1.29 is 9.18 Å². The minimum absolute atomic E-state index is 0.0803. The van der Waals surface area contributed by atoms with E-state index in [2.05, 4.69) is 5.32 Å². The molecule has 1 aromatic heterocycles. The lowest BCUT2D eigenvalue weighted by Gasteiger charge is -2.34. The van der Waals surface area contributed by atoms with E-state index in [-0.39, 0.29) is 28.9 Å². The quantitative estimate of drug-likeness (QED) is 0.836. The van der Waals surface area contributed by atoms with Crippen LogP contribution < -0.4 is 21.5 Å². The number of hydrogen-bond acceptors (Lipinski definition) is 4. The summed E-state index contributed by atoms with van der Waals surface area (Å²) >= 11 is 0. The molecule has 7 nitrogen and oxygen atoms in total.